The monoisotopic (exact) mass is 373 g/mol. The van der Waals surface area contributed by atoms with Crippen LogP contribution in [0.2, 0.25) is 0 Å². The Bertz CT molecular complexity index is 1010. The molecule has 0 saturated heterocycles. The topological polar surface area (TPSA) is 38.3 Å². The van der Waals surface area contributed by atoms with Gasteiger partial charge in [-0.15, -0.1) is 0 Å². The predicted octanol–water partition coefficient (Wildman–Crippen LogP) is 5.61. The molecule has 3 aromatic rings. The molecule has 0 aromatic heterocycles. The second-order valence-corrected chi connectivity index (χ2v) is 7.57. The van der Waals surface area contributed by atoms with Crippen LogP contribution in [-0.4, -0.2) is 13.0 Å². The number of carbonyl (C=O) groups is 1. The highest BCUT2D eigenvalue weighted by Crippen LogP contribution is 2.29. The summed E-state index contributed by atoms with van der Waals surface area (Å²) >= 11 is 0. The maximum Gasteiger partial charge on any atom is 0.255 e. The number of methoxy groups -OCH3 is 1. The van der Waals surface area contributed by atoms with Gasteiger partial charge in [0, 0.05) is 0 Å². The van der Waals surface area contributed by atoms with E-state index >= 15 is 0 Å². The van der Waals surface area contributed by atoms with Crippen LogP contribution in [0.3, 0.4) is 0 Å². The van der Waals surface area contributed by atoms with E-state index < -0.39 is 0 Å². The van der Waals surface area contributed by atoms with Gasteiger partial charge in [-0.05, 0) is 71.7 Å². The second kappa shape index (κ2) is 8.05. The second-order valence-electron chi connectivity index (χ2n) is 7.57. The lowest BCUT2D eigenvalue weighted by molar-refractivity contribution is 0.0932. The summed E-state index contributed by atoms with van der Waals surface area (Å²) in [7, 11) is 1.61. The molecule has 3 nitrogen and oxygen atoms in total. The molecular weight excluding hydrogens is 346 g/mol. The number of carbonyl (C=O) groups excluding carboxylic acids is 1. The summed E-state index contributed by atoms with van der Waals surface area (Å²) in [5, 5.41) is 5.33. The van der Waals surface area contributed by atoms with E-state index in [-0.39, 0.29) is 11.9 Å². The fourth-order valence-corrected chi connectivity index (χ4v) is 4.19. The lowest BCUT2D eigenvalue weighted by atomic mass is 9.88. The smallest absolute Gasteiger partial charge is 0.255 e. The number of benzene rings is 3. The van der Waals surface area contributed by atoms with Crippen LogP contribution in [0, 0.1) is 0 Å². The van der Waals surface area contributed by atoms with Gasteiger partial charge in [-0.3, -0.25) is 4.79 Å². The summed E-state index contributed by atoms with van der Waals surface area (Å²) in [5.41, 5.74) is 4.68. The Morgan fingerprint density at radius 1 is 1.00 bits per heavy atom. The summed E-state index contributed by atoms with van der Waals surface area (Å²) < 4.78 is 5.51. The largest absolute Gasteiger partial charge is 0.496 e. The number of hydrogen-bond acceptors (Lipinski definition) is 2. The molecule has 1 amide bonds. The van der Waals surface area contributed by atoms with Crippen molar-refractivity contribution < 1.29 is 9.53 Å². The van der Waals surface area contributed by atoms with Gasteiger partial charge in [-0.25, -0.2) is 0 Å². The Labute approximate surface area is 166 Å². The first-order valence-electron chi connectivity index (χ1n) is 10.2. The normalized spacial score (nSPS) is 14.4. The number of rotatable bonds is 5. The molecule has 144 valence electrons. The van der Waals surface area contributed by atoms with Gasteiger partial charge in [0.25, 0.3) is 5.91 Å². The van der Waals surface area contributed by atoms with Crippen LogP contribution in [0.4, 0.5) is 0 Å². The Hall–Kier alpha value is -2.81. The predicted molar refractivity (Wildman–Crippen MR) is 114 cm³/mol. The van der Waals surface area contributed by atoms with E-state index in [2.05, 4.69) is 30.4 Å². The van der Waals surface area contributed by atoms with E-state index in [1.807, 2.05) is 36.4 Å². The quantitative estimate of drug-likeness (QED) is 0.631. The highest BCUT2D eigenvalue weighted by Gasteiger charge is 2.19. The van der Waals surface area contributed by atoms with E-state index in [4.69, 9.17) is 4.74 Å². The molecule has 3 heteroatoms. The molecule has 0 aliphatic heterocycles. The Morgan fingerprint density at radius 3 is 2.43 bits per heavy atom. The van der Waals surface area contributed by atoms with Crippen molar-refractivity contribution in [2.24, 2.45) is 0 Å². The maximum absolute atomic E-state index is 13.1. The molecule has 0 heterocycles. The van der Waals surface area contributed by atoms with Gasteiger partial charge in [-0.2, -0.15) is 0 Å². The minimum absolute atomic E-state index is 0.00379. The van der Waals surface area contributed by atoms with Crippen molar-refractivity contribution in [2.45, 2.75) is 45.1 Å². The van der Waals surface area contributed by atoms with Gasteiger partial charge in [0.2, 0.25) is 0 Å². The number of amides is 1. The van der Waals surface area contributed by atoms with Gasteiger partial charge in [0.1, 0.15) is 5.75 Å². The zero-order valence-corrected chi connectivity index (χ0v) is 16.6. The molecule has 1 aliphatic carbocycles. The number of nitrogens with one attached hydrogen (secondary N) is 1. The molecule has 0 spiro atoms. The standard InChI is InChI=1S/C25H27NO2/c1-3-23(21-13-12-17-8-4-5-9-18(17)14-21)26-25(27)22-15-19-10-6-7-11-20(19)16-24(22)28-2/h6-7,10-16,23H,3-5,8-9H2,1-2H3,(H,26,27)/t23-/m0/s1. The average molecular weight is 373 g/mol. The number of hydrogen-bond donors (Lipinski definition) is 1. The third-order valence-corrected chi connectivity index (χ3v) is 5.80. The average Bonchev–Trinajstić information content (AvgIpc) is 2.76. The summed E-state index contributed by atoms with van der Waals surface area (Å²) in [6.45, 7) is 2.11. The third-order valence-electron chi connectivity index (χ3n) is 5.80. The van der Waals surface area contributed by atoms with Crippen molar-refractivity contribution in [1.82, 2.24) is 5.32 Å². The highest BCUT2D eigenvalue weighted by atomic mass is 16.5. The lowest BCUT2D eigenvalue weighted by Gasteiger charge is -2.22. The molecule has 0 unspecified atom stereocenters. The number of fused-ring (bicyclic) bond motifs is 2. The molecule has 0 fully saturated rings. The van der Waals surface area contributed by atoms with E-state index in [0.29, 0.717) is 11.3 Å². The molecule has 0 saturated carbocycles. The first kappa shape index (κ1) is 18.5. The van der Waals surface area contributed by atoms with E-state index in [1.54, 1.807) is 7.11 Å². The SMILES string of the molecule is CC[C@H](NC(=O)c1cc2ccccc2cc1OC)c1ccc2c(c1)CCCC2. The first-order chi connectivity index (χ1) is 13.7. The van der Waals surface area contributed by atoms with Crippen LogP contribution in [0.5, 0.6) is 5.75 Å². The number of aryl methyl sites for hydroxylation is 2. The van der Waals surface area contributed by atoms with Gasteiger partial charge in [-0.1, -0.05) is 49.4 Å². The van der Waals surface area contributed by atoms with E-state index in [0.717, 1.165) is 23.6 Å². The summed E-state index contributed by atoms with van der Waals surface area (Å²) in [5.74, 6) is 0.517. The van der Waals surface area contributed by atoms with Gasteiger partial charge >= 0.3 is 0 Å². The maximum atomic E-state index is 13.1. The molecular formula is C25H27NO2. The van der Waals surface area contributed by atoms with Gasteiger partial charge < -0.3 is 10.1 Å². The van der Waals surface area contributed by atoms with Crippen molar-refractivity contribution in [3.63, 3.8) is 0 Å². The lowest BCUT2D eigenvalue weighted by Crippen LogP contribution is -2.28. The number of ether oxygens (including phenoxy) is 1. The Balaban J connectivity index is 1.62. The van der Waals surface area contributed by atoms with Crippen LogP contribution >= 0.6 is 0 Å². The van der Waals surface area contributed by atoms with E-state index in [9.17, 15) is 4.79 Å². The Morgan fingerprint density at radius 2 is 1.71 bits per heavy atom. The third kappa shape index (κ3) is 3.62. The van der Waals surface area contributed by atoms with Crippen LogP contribution in [0.15, 0.2) is 54.6 Å². The van der Waals surface area contributed by atoms with Crippen molar-refractivity contribution in [3.05, 3.63) is 76.9 Å². The molecule has 28 heavy (non-hydrogen) atoms. The zero-order chi connectivity index (χ0) is 19.5. The molecule has 1 aliphatic rings. The summed E-state index contributed by atoms with van der Waals surface area (Å²) in [6, 6.07) is 18.6. The van der Waals surface area contributed by atoms with Crippen LogP contribution in [0.1, 0.15) is 59.3 Å². The summed E-state index contributed by atoms with van der Waals surface area (Å²) in [4.78, 5) is 13.1. The molecule has 0 radical (unpaired) electrons. The fraction of sp³-hybridized carbons (Fsp3) is 0.320. The van der Waals surface area contributed by atoms with Gasteiger partial charge in [0.05, 0.1) is 18.7 Å². The molecule has 4 rings (SSSR count). The van der Waals surface area contributed by atoms with Gasteiger partial charge in [0.15, 0.2) is 0 Å². The van der Waals surface area contributed by atoms with Crippen LogP contribution < -0.4 is 10.1 Å². The minimum atomic E-state index is -0.0906. The van der Waals surface area contributed by atoms with E-state index in [1.165, 1.54) is 36.0 Å². The van der Waals surface area contributed by atoms with Crippen LogP contribution in [-0.2, 0) is 12.8 Å². The first-order valence-corrected chi connectivity index (χ1v) is 10.2. The minimum Gasteiger partial charge on any atom is -0.496 e. The molecule has 1 N–H and O–H groups in total. The summed E-state index contributed by atoms with van der Waals surface area (Å²) in [6.07, 6.45) is 5.70. The zero-order valence-electron chi connectivity index (χ0n) is 16.6. The fourth-order valence-electron chi connectivity index (χ4n) is 4.19. The molecule has 1 atom stereocenters. The van der Waals surface area contributed by atoms with Crippen molar-refractivity contribution >= 4 is 16.7 Å². The van der Waals surface area contributed by atoms with Crippen molar-refractivity contribution in [1.29, 1.82) is 0 Å². The highest BCUT2D eigenvalue weighted by molar-refractivity contribution is 6.01. The Kier molecular flexibility index (Phi) is 5.34. The molecule has 3 aromatic carbocycles. The van der Waals surface area contributed by atoms with Crippen LogP contribution in [0.25, 0.3) is 10.8 Å². The van der Waals surface area contributed by atoms with Crippen molar-refractivity contribution in [2.75, 3.05) is 7.11 Å². The van der Waals surface area contributed by atoms with Crippen molar-refractivity contribution in [3.8, 4) is 5.75 Å². The molecule has 0 bridgehead atoms.